The summed E-state index contributed by atoms with van der Waals surface area (Å²) in [6.45, 7) is 1.17. The van der Waals surface area contributed by atoms with E-state index in [0.29, 0.717) is 19.7 Å². The molecule has 0 spiro atoms. The minimum atomic E-state index is -0.0312. The molecule has 1 aliphatic carbocycles. The summed E-state index contributed by atoms with van der Waals surface area (Å²) in [5.74, 6) is 0.600. The second-order valence-corrected chi connectivity index (χ2v) is 4.97. The van der Waals surface area contributed by atoms with Gasteiger partial charge in [0.2, 0.25) is 11.8 Å². The van der Waals surface area contributed by atoms with E-state index in [0.717, 1.165) is 17.7 Å². The highest BCUT2D eigenvalue weighted by molar-refractivity contribution is 6.08. The molecule has 2 fully saturated rings. The Hall–Kier alpha value is -1.88. The van der Waals surface area contributed by atoms with Gasteiger partial charge >= 0.3 is 0 Å². The minimum absolute atomic E-state index is 0.0305. The second-order valence-electron chi connectivity index (χ2n) is 4.97. The molecule has 1 aromatic carbocycles. The fourth-order valence-corrected chi connectivity index (χ4v) is 2.45. The van der Waals surface area contributed by atoms with Gasteiger partial charge in [-0.25, -0.2) is 0 Å². The Morgan fingerprint density at radius 1 is 1.16 bits per heavy atom. The first kappa shape index (κ1) is 12.2. The van der Waals surface area contributed by atoms with Crippen LogP contribution < -0.4 is 10.5 Å². The smallest absolute Gasteiger partial charge is 0.233 e. The molecule has 2 atom stereocenters. The Bertz CT molecular complexity index is 492. The molecule has 100 valence electrons. The van der Waals surface area contributed by atoms with Gasteiger partial charge in [0.25, 0.3) is 0 Å². The largest absolute Gasteiger partial charge is 0.492 e. The van der Waals surface area contributed by atoms with Crippen molar-refractivity contribution in [3.63, 3.8) is 0 Å². The first-order valence-corrected chi connectivity index (χ1v) is 6.47. The molecular weight excluding hydrogens is 244 g/mol. The zero-order chi connectivity index (χ0) is 13.4. The van der Waals surface area contributed by atoms with Crippen LogP contribution in [-0.2, 0) is 16.1 Å². The molecule has 1 aliphatic heterocycles. The van der Waals surface area contributed by atoms with E-state index in [2.05, 4.69) is 0 Å². The molecule has 0 bridgehead atoms. The minimum Gasteiger partial charge on any atom is -0.492 e. The van der Waals surface area contributed by atoms with Gasteiger partial charge < -0.3 is 10.5 Å². The predicted molar refractivity (Wildman–Crippen MR) is 68.1 cm³/mol. The maximum atomic E-state index is 11.7. The molecule has 1 heterocycles. The number of fused-ring (bicyclic) bond motifs is 1. The second kappa shape index (κ2) is 4.66. The number of imide groups is 1. The van der Waals surface area contributed by atoms with Crippen LogP contribution in [0.4, 0.5) is 0 Å². The van der Waals surface area contributed by atoms with Gasteiger partial charge in [-0.1, -0.05) is 12.1 Å². The van der Waals surface area contributed by atoms with Crippen LogP contribution in [0.15, 0.2) is 24.3 Å². The summed E-state index contributed by atoms with van der Waals surface area (Å²) in [5, 5.41) is 0. The molecule has 0 aromatic heterocycles. The number of nitrogens with zero attached hydrogens (tertiary/aromatic N) is 1. The van der Waals surface area contributed by atoms with Gasteiger partial charge in [0.05, 0.1) is 18.4 Å². The number of ether oxygens (including phenoxy) is 1. The molecule has 2 N–H and O–H groups in total. The SMILES string of the molecule is NCc1ccc(OCCN2C(=O)C3CC3C2=O)cc1. The molecular formula is C14H16N2O3. The van der Waals surface area contributed by atoms with Crippen molar-refractivity contribution in [3.05, 3.63) is 29.8 Å². The highest BCUT2D eigenvalue weighted by Crippen LogP contribution is 2.46. The van der Waals surface area contributed by atoms with Crippen molar-refractivity contribution in [2.75, 3.05) is 13.2 Å². The first-order valence-electron chi connectivity index (χ1n) is 6.47. The number of likely N-dealkylation sites (tertiary alicyclic amines) is 1. The number of carbonyl (C=O) groups is 2. The third-order valence-corrected chi connectivity index (χ3v) is 3.70. The molecule has 1 saturated heterocycles. The van der Waals surface area contributed by atoms with E-state index in [1.165, 1.54) is 4.90 Å². The lowest BCUT2D eigenvalue weighted by molar-refractivity contribution is -0.141. The van der Waals surface area contributed by atoms with Gasteiger partial charge in [-0.2, -0.15) is 0 Å². The fourth-order valence-electron chi connectivity index (χ4n) is 2.45. The summed E-state index contributed by atoms with van der Waals surface area (Å²) >= 11 is 0. The van der Waals surface area contributed by atoms with E-state index in [-0.39, 0.29) is 23.7 Å². The summed E-state index contributed by atoms with van der Waals surface area (Å²) in [6.07, 6.45) is 0.746. The molecule has 2 aliphatic rings. The molecule has 3 rings (SSSR count). The van der Waals surface area contributed by atoms with Crippen molar-refractivity contribution < 1.29 is 14.3 Å². The Kier molecular flexibility index (Phi) is 2.98. The van der Waals surface area contributed by atoms with Crippen molar-refractivity contribution in [1.82, 2.24) is 4.90 Å². The van der Waals surface area contributed by atoms with E-state index in [1.807, 2.05) is 24.3 Å². The van der Waals surface area contributed by atoms with Crippen molar-refractivity contribution in [2.24, 2.45) is 17.6 Å². The number of amides is 2. The topological polar surface area (TPSA) is 72.6 Å². The average molecular weight is 260 g/mol. The average Bonchev–Trinajstić information content (AvgIpc) is 3.19. The van der Waals surface area contributed by atoms with E-state index in [9.17, 15) is 9.59 Å². The number of nitrogens with two attached hydrogens (primary N) is 1. The number of carbonyl (C=O) groups excluding carboxylic acids is 2. The predicted octanol–water partition coefficient (Wildman–Crippen LogP) is 0.529. The summed E-state index contributed by atoms with van der Waals surface area (Å²) in [4.78, 5) is 24.8. The van der Waals surface area contributed by atoms with Crippen molar-refractivity contribution in [2.45, 2.75) is 13.0 Å². The zero-order valence-corrected chi connectivity index (χ0v) is 10.5. The normalized spacial score (nSPS) is 24.6. The first-order chi connectivity index (χ1) is 9.20. The highest BCUT2D eigenvalue weighted by atomic mass is 16.5. The fraction of sp³-hybridized carbons (Fsp3) is 0.429. The van der Waals surface area contributed by atoms with Gasteiger partial charge in [0, 0.05) is 6.54 Å². The van der Waals surface area contributed by atoms with Gasteiger partial charge in [-0.05, 0) is 24.1 Å². The Labute approximate surface area is 111 Å². The number of hydrogen-bond acceptors (Lipinski definition) is 4. The van der Waals surface area contributed by atoms with E-state index >= 15 is 0 Å². The lowest BCUT2D eigenvalue weighted by Gasteiger charge is -2.16. The third-order valence-electron chi connectivity index (χ3n) is 3.70. The number of hydrogen-bond donors (Lipinski definition) is 1. The molecule has 1 saturated carbocycles. The van der Waals surface area contributed by atoms with Crippen LogP contribution in [0.25, 0.3) is 0 Å². The van der Waals surface area contributed by atoms with Crippen LogP contribution >= 0.6 is 0 Å². The van der Waals surface area contributed by atoms with Gasteiger partial charge in [0.1, 0.15) is 12.4 Å². The van der Waals surface area contributed by atoms with E-state index in [4.69, 9.17) is 10.5 Å². The van der Waals surface area contributed by atoms with Crippen LogP contribution in [0, 0.1) is 11.8 Å². The molecule has 5 heteroatoms. The Morgan fingerprint density at radius 2 is 1.79 bits per heavy atom. The lowest BCUT2D eigenvalue weighted by Crippen LogP contribution is -2.36. The van der Waals surface area contributed by atoms with Crippen LogP contribution in [0.1, 0.15) is 12.0 Å². The number of rotatable bonds is 5. The summed E-state index contributed by atoms with van der Waals surface area (Å²) in [6, 6.07) is 7.48. The zero-order valence-electron chi connectivity index (χ0n) is 10.5. The van der Waals surface area contributed by atoms with E-state index < -0.39 is 0 Å². The van der Waals surface area contributed by atoms with Gasteiger partial charge in [-0.15, -0.1) is 0 Å². The summed E-state index contributed by atoms with van der Waals surface area (Å²) in [7, 11) is 0. The van der Waals surface area contributed by atoms with Crippen LogP contribution in [0.3, 0.4) is 0 Å². The quantitative estimate of drug-likeness (QED) is 0.784. The summed E-state index contributed by atoms with van der Waals surface area (Å²) < 4.78 is 5.53. The molecule has 2 amide bonds. The molecule has 19 heavy (non-hydrogen) atoms. The Morgan fingerprint density at radius 3 is 2.37 bits per heavy atom. The van der Waals surface area contributed by atoms with Gasteiger partial charge in [-0.3, -0.25) is 14.5 Å². The molecule has 0 radical (unpaired) electrons. The number of piperidine rings is 1. The van der Waals surface area contributed by atoms with Gasteiger partial charge in [0.15, 0.2) is 0 Å². The number of benzene rings is 1. The standard InChI is InChI=1S/C14H16N2O3/c15-8-9-1-3-10(4-2-9)19-6-5-16-13(17)11-7-12(11)14(16)18/h1-4,11-12H,5-8,15H2. The van der Waals surface area contributed by atoms with Crippen LogP contribution in [-0.4, -0.2) is 29.9 Å². The maximum absolute atomic E-state index is 11.7. The summed E-state index contributed by atoms with van der Waals surface area (Å²) in [5.41, 5.74) is 6.55. The van der Waals surface area contributed by atoms with Crippen molar-refractivity contribution in [3.8, 4) is 5.75 Å². The Balaban J connectivity index is 1.50. The van der Waals surface area contributed by atoms with Crippen LogP contribution in [0.2, 0.25) is 0 Å². The lowest BCUT2D eigenvalue weighted by atomic mass is 10.2. The third kappa shape index (κ3) is 2.21. The molecule has 5 nitrogen and oxygen atoms in total. The maximum Gasteiger partial charge on any atom is 0.233 e. The highest BCUT2D eigenvalue weighted by Gasteiger charge is 2.58. The molecule has 2 unspecified atom stereocenters. The van der Waals surface area contributed by atoms with Crippen molar-refractivity contribution in [1.29, 1.82) is 0 Å². The van der Waals surface area contributed by atoms with E-state index in [1.54, 1.807) is 0 Å². The van der Waals surface area contributed by atoms with Crippen LogP contribution in [0.5, 0.6) is 5.75 Å². The van der Waals surface area contributed by atoms with Crippen molar-refractivity contribution >= 4 is 11.8 Å². The molecule has 1 aromatic rings. The monoisotopic (exact) mass is 260 g/mol.